The van der Waals surface area contributed by atoms with Crippen LogP contribution in [0.1, 0.15) is 18.1 Å². The zero-order valence-electron chi connectivity index (χ0n) is 11.4. The zero-order chi connectivity index (χ0) is 14.4. The summed E-state index contributed by atoms with van der Waals surface area (Å²) >= 11 is 0. The standard InChI is InChI=1S/C16H17NO3/c1-2-13-6-5-8-15(12-13)20-11-10-14-7-3-4-9-16(14)17(18)19/h3-9,12H,2,10-11H2,1H3. The second-order valence-corrected chi connectivity index (χ2v) is 4.49. The van der Waals surface area contributed by atoms with Gasteiger partial charge in [-0.2, -0.15) is 0 Å². The predicted molar refractivity (Wildman–Crippen MR) is 78.1 cm³/mol. The van der Waals surface area contributed by atoms with E-state index in [2.05, 4.69) is 13.0 Å². The Bertz CT molecular complexity index is 596. The Morgan fingerprint density at radius 3 is 2.70 bits per heavy atom. The fourth-order valence-electron chi connectivity index (χ4n) is 2.03. The number of nitro groups is 1. The fraction of sp³-hybridized carbons (Fsp3) is 0.250. The molecule has 0 heterocycles. The smallest absolute Gasteiger partial charge is 0.272 e. The van der Waals surface area contributed by atoms with Crippen LogP contribution >= 0.6 is 0 Å². The van der Waals surface area contributed by atoms with E-state index in [1.165, 1.54) is 11.6 Å². The third kappa shape index (κ3) is 3.57. The van der Waals surface area contributed by atoms with Crippen molar-refractivity contribution in [2.24, 2.45) is 0 Å². The van der Waals surface area contributed by atoms with Crippen LogP contribution in [-0.2, 0) is 12.8 Å². The van der Waals surface area contributed by atoms with Gasteiger partial charge in [0, 0.05) is 18.1 Å². The van der Waals surface area contributed by atoms with Crippen molar-refractivity contribution in [3.8, 4) is 5.75 Å². The molecule has 0 N–H and O–H groups in total. The van der Waals surface area contributed by atoms with Crippen LogP contribution in [0.2, 0.25) is 0 Å². The third-order valence-corrected chi connectivity index (χ3v) is 3.14. The minimum atomic E-state index is -0.354. The molecular weight excluding hydrogens is 254 g/mol. The van der Waals surface area contributed by atoms with Gasteiger partial charge in [-0.15, -0.1) is 0 Å². The summed E-state index contributed by atoms with van der Waals surface area (Å²) in [4.78, 5) is 10.5. The predicted octanol–water partition coefficient (Wildman–Crippen LogP) is 3.78. The molecule has 20 heavy (non-hydrogen) atoms. The lowest BCUT2D eigenvalue weighted by Gasteiger charge is -2.07. The van der Waals surface area contributed by atoms with Crippen LogP contribution < -0.4 is 4.74 Å². The van der Waals surface area contributed by atoms with Gasteiger partial charge in [-0.1, -0.05) is 37.3 Å². The first-order valence-electron chi connectivity index (χ1n) is 6.64. The van der Waals surface area contributed by atoms with Gasteiger partial charge in [-0.25, -0.2) is 0 Å². The van der Waals surface area contributed by atoms with E-state index < -0.39 is 0 Å². The van der Waals surface area contributed by atoms with Gasteiger partial charge in [0.2, 0.25) is 0 Å². The van der Waals surface area contributed by atoms with E-state index >= 15 is 0 Å². The van der Waals surface area contributed by atoms with Crippen LogP contribution in [-0.4, -0.2) is 11.5 Å². The molecule has 2 aromatic carbocycles. The minimum Gasteiger partial charge on any atom is -0.493 e. The number of aryl methyl sites for hydroxylation is 1. The van der Waals surface area contributed by atoms with Crippen molar-refractivity contribution in [1.29, 1.82) is 0 Å². The van der Waals surface area contributed by atoms with Gasteiger partial charge >= 0.3 is 0 Å². The lowest BCUT2D eigenvalue weighted by Crippen LogP contribution is -2.04. The topological polar surface area (TPSA) is 52.4 Å². The summed E-state index contributed by atoms with van der Waals surface area (Å²) in [5, 5.41) is 10.9. The molecule has 0 spiro atoms. The highest BCUT2D eigenvalue weighted by atomic mass is 16.6. The number of hydrogen-bond donors (Lipinski definition) is 0. The van der Waals surface area contributed by atoms with Crippen molar-refractivity contribution in [2.45, 2.75) is 19.8 Å². The lowest BCUT2D eigenvalue weighted by molar-refractivity contribution is -0.385. The largest absolute Gasteiger partial charge is 0.493 e. The number of para-hydroxylation sites is 1. The van der Waals surface area contributed by atoms with E-state index in [0.29, 0.717) is 18.6 Å². The van der Waals surface area contributed by atoms with E-state index in [1.54, 1.807) is 18.2 Å². The van der Waals surface area contributed by atoms with Crippen LogP contribution in [0.5, 0.6) is 5.75 Å². The summed E-state index contributed by atoms with van der Waals surface area (Å²) in [6.07, 6.45) is 1.48. The maximum atomic E-state index is 10.9. The molecule has 4 nitrogen and oxygen atoms in total. The van der Waals surface area contributed by atoms with E-state index in [-0.39, 0.29) is 10.6 Å². The number of nitro benzene ring substituents is 1. The monoisotopic (exact) mass is 271 g/mol. The Balaban J connectivity index is 1.97. The lowest BCUT2D eigenvalue weighted by atomic mass is 10.1. The molecule has 0 fully saturated rings. The Labute approximate surface area is 118 Å². The van der Waals surface area contributed by atoms with E-state index in [1.807, 2.05) is 18.2 Å². The molecule has 0 aliphatic carbocycles. The van der Waals surface area contributed by atoms with Crippen molar-refractivity contribution in [1.82, 2.24) is 0 Å². The molecule has 0 aliphatic heterocycles. The van der Waals surface area contributed by atoms with Crippen molar-refractivity contribution < 1.29 is 9.66 Å². The van der Waals surface area contributed by atoms with Crippen molar-refractivity contribution in [3.63, 3.8) is 0 Å². The number of ether oxygens (including phenoxy) is 1. The van der Waals surface area contributed by atoms with Gasteiger partial charge in [0.05, 0.1) is 11.5 Å². The maximum absolute atomic E-state index is 10.9. The van der Waals surface area contributed by atoms with Gasteiger partial charge in [0.25, 0.3) is 5.69 Å². The van der Waals surface area contributed by atoms with E-state index in [4.69, 9.17) is 4.74 Å². The van der Waals surface area contributed by atoms with Crippen molar-refractivity contribution >= 4 is 5.69 Å². The van der Waals surface area contributed by atoms with Gasteiger partial charge in [0.1, 0.15) is 5.75 Å². The summed E-state index contributed by atoms with van der Waals surface area (Å²) in [5.41, 5.74) is 2.07. The van der Waals surface area contributed by atoms with Crippen molar-refractivity contribution in [2.75, 3.05) is 6.61 Å². The van der Waals surface area contributed by atoms with Crippen molar-refractivity contribution in [3.05, 3.63) is 69.8 Å². The highest BCUT2D eigenvalue weighted by molar-refractivity contribution is 5.40. The summed E-state index contributed by atoms with van der Waals surface area (Å²) in [6, 6.07) is 14.7. The molecule has 0 atom stereocenters. The van der Waals surface area contributed by atoms with Gasteiger partial charge in [0.15, 0.2) is 0 Å². The van der Waals surface area contributed by atoms with E-state index in [0.717, 1.165) is 12.2 Å². The third-order valence-electron chi connectivity index (χ3n) is 3.14. The van der Waals surface area contributed by atoms with E-state index in [9.17, 15) is 10.1 Å². The summed E-state index contributed by atoms with van der Waals surface area (Å²) < 4.78 is 5.66. The first-order chi connectivity index (χ1) is 9.70. The van der Waals surface area contributed by atoms with Crippen LogP contribution in [0.3, 0.4) is 0 Å². The number of rotatable bonds is 6. The molecule has 0 radical (unpaired) electrons. The molecule has 0 amide bonds. The normalized spacial score (nSPS) is 10.2. The second kappa shape index (κ2) is 6.70. The van der Waals surface area contributed by atoms with Crippen LogP contribution in [0, 0.1) is 10.1 Å². The Morgan fingerprint density at radius 2 is 1.95 bits per heavy atom. The molecule has 0 aromatic heterocycles. The van der Waals surface area contributed by atoms with Crippen LogP contribution in [0.15, 0.2) is 48.5 Å². The Morgan fingerprint density at radius 1 is 1.15 bits per heavy atom. The molecule has 2 rings (SSSR count). The summed E-state index contributed by atoms with van der Waals surface area (Å²) in [5.74, 6) is 0.808. The molecule has 2 aromatic rings. The first kappa shape index (κ1) is 14.1. The van der Waals surface area contributed by atoms with Crippen LogP contribution in [0.25, 0.3) is 0 Å². The minimum absolute atomic E-state index is 0.151. The molecule has 104 valence electrons. The van der Waals surface area contributed by atoms with Gasteiger partial charge < -0.3 is 4.74 Å². The number of hydrogen-bond acceptors (Lipinski definition) is 3. The quantitative estimate of drug-likeness (QED) is 0.593. The average Bonchev–Trinajstić information content (AvgIpc) is 2.48. The van der Waals surface area contributed by atoms with Gasteiger partial charge in [-0.05, 0) is 24.1 Å². The molecule has 0 saturated carbocycles. The molecule has 0 saturated heterocycles. The Kier molecular flexibility index (Phi) is 4.71. The first-order valence-corrected chi connectivity index (χ1v) is 6.64. The molecule has 0 unspecified atom stereocenters. The summed E-state index contributed by atoms with van der Waals surface area (Å²) in [6.45, 7) is 2.52. The van der Waals surface area contributed by atoms with Gasteiger partial charge in [-0.3, -0.25) is 10.1 Å². The molecule has 4 heteroatoms. The van der Waals surface area contributed by atoms with Crippen LogP contribution in [0.4, 0.5) is 5.69 Å². The maximum Gasteiger partial charge on any atom is 0.272 e. The fourth-order valence-corrected chi connectivity index (χ4v) is 2.03. The second-order valence-electron chi connectivity index (χ2n) is 4.49. The zero-order valence-corrected chi connectivity index (χ0v) is 11.4. The average molecular weight is 271 g/mol. The molecule has 0 bridgehead atoms. The highest BCUT2D eigenvalue weighted by Gasteiger charge is 2.11. The molecular formula is C16H17NO3. The number of benzene rings is 2. The Hall–Kier alpha value is -2.36. The highest BCUT2D eigenvalue weighted by Crippen LogP contribution is 2.19. The molecule has 0 aliphatic rings. The SMILES string of the molecule is CCc1cccc(OCCc2ccccc2[N+](=O)[O-])c1. The number of nitrogens with zero attached hydrogens (tertiary/aromatic N) is 1. The summed E-state index contributed by atoms with van der Waals surface area (Å²) in [7, 11) is 0.